The fourth-order valence-electron chi connectivity index (χ4n) is 2.11. The van der Waals surface area contributed by atoms with Crippen molar-refractivity contribution in [2.45, 2.75) is 31.8 Å². The molecular formula is C15H20N2O3S. The molecule has 1 aromatic carbocycles. The lowest BCUT2D eigenvalue weighted by Gasteiger charge is -2.07. The predicted octanol–water partition coefficient (Wildman–Crippen LogP) is 2.09. The first-order chi connectivity index (χ1) is 9.92. The molecule has 2 rings (SSSR count). The van der Waals surface area contributed by atoms with Crippen LogP contribution in [0.25, 0.3) is 0 Å². The van der Waals surface area contributed by atoms with Gasteiger partial charge in [0.1, 0.15) is 16.4 Å². The molecule has 0 radical (unpaired) electrons. The smallest absolute Gasteiger partial charge is 0.244 e. The van der Waals surface area contributed by atoms with Crippen LogP contribution in [-0.4, -0.2) is 15.5 Å². The van der Waals surface area contributed by atoms with Crippen LogP contribution in [0.15, 0.2) is 39.6 Å². The summed E-state index contributed by atoms with van der Waals surface area (Å²) in [6.07, 6.45) is 0. The summed E-state index contributed by atoms with van der Waals surface area (Å²) in [5.41, 5.74) is 2.07. The SMILES string of the molecule is CNCc1ccc(CNS(=O)(=O)c2cc(C)oc2C)cc1. The molecule has 2 N–H and O–H groups in total. The van der Waals surface area contributed by atoms with Gasteiger partial charge in [-0.3, -0.25) is 0 Å². The molecule has 0 aliphatic rings. The number of rotatable bonds is 6. The van der Waals surface area contributed by atoms with Crippen LogP contribution in [-0.2, 0) is 23.1 Å². The first-order valence-electron chi connectivity index (χ1n) is 6.71. The summed E-state index contributed by atoms with van der Waals surface area (Å²) in [6.45, 7) is 4.42. The van der Waals surface area contributed by atoms with Crippen LogP contribution < -0.4 is 10.0 Å². The van der Waals surface area contributed by atoms with E-state index in [0.717, 1.165) is 17.7 Å². The number of furan rings is 1. The van der Waals surface area contributed by atoms with Crippen molar-refractivity contribution in [2.75, 3.05) is 7.05 Å². The van der Waals surface area contributed by atoms with Crippen LogP contribution in [0, 0.1) is 13.8 Å². The third-order valence-electron chi connectivity index (χ3n) is 3.16. The number of sulfonamides is 1. The van der Waals surface area contributed by atoms with Gasteiger partial charge in [-0.15, -0.1) is 0 Å². The van der Waals surface area contributed by atoms with E-state index >= 15 is 0 Å². The van der Waals surface area contributed by atoms with Crippen molar-refractivity contribution in [3.8, 4) is 0 Å². The Labute approximate surface area is 125 Å². The van der Waals surface area contributed by atoms with Gasteiger partial charge in [0, 0.05) is 13.1 Å². The van der Waals surface area contributed by atoms with Crippen molar-refractivity contribution in [3.05, 3.63) is 53.0 Å². The largest absolute Gasteiger partial charge is 0.465 e. The van der Waals surface area contributed by atoms with Gasteiger partial charge in [0.2, 0.25) is 10.0 Å². The van der Waals surface area contributed by atoms with Gasteiger partial charge >= 0.3 is 0 Å². The van der Waals surface area contributed by atoms with Crippen molar-refractivity contribution in [3.63, 3.8) is 0 Å². The third kappa shape index (κ3) is 3.93. The lowest BCUT2D eigenvalue weighted by atomic mass is 10.1. The van der Waals surface area contributed by atoms with Gasteiger partial charge in [-0.1, -0.05) is 24.3 Å². The minimum atomic E-state index is -3.54. The van der Waals surface area contributed by atoms with Crippen molar-refractivity contribution in [2.24, 2.45) is 0 Å². The number of nitrogens with one attached hydrogen (secondary N) is 2. The minimum absolute atomic E-state index is 0.201. The highest BCUT2D eigenvalue weighted by atomic mass is 32.2. The molecule has 0 fully saturated rings. The molecule has 0 amide bonds. The molecule has 0 bridgehead atoms. The summed E-state index contributed by atoms with van der Waals surface area (Å²) in [5.74, 6) is 0.994. The number of hydrogen-bond donors (Lipinski definition) is 2. The van der Waals surface area contributed by atoms with Crippen LogP contribution in [0.5, 0.6) is 0 Å². The maximum Gasteiger partial charge on any atom is 0.244 e. The highest BCUT2D eigenvalue weighted by Crippen LogP contribution is 2.19. The summed E-state index contributed by atoms with van der Waals surface area (Å²) in [6, 6.07) is 9.33. The summed E-state index contributed by atoms with van der Waals surface area (Å²) < 4.78 is 32.3. The highest BCUT2D eigenvalue weighted by Gasteiger charge is 2.19. The van der Waals surface area contributed by atoms with E-state index in [9.17, 15) is 8.42 Å². The van der Waals surface area contributed by atoms with Crippen LogP contribution in [0.4, 0.5) is 0 Å². The Hall–Kier alpha value is -1.63. The zero-order valence-corrected chi connectivity index (χ0v) is 13.3. The minimum Gasteiger partial charge on any atom is -0.465 e. The molecule has 5 nitrogen and oxygen atoms in total. The van der Waals surface area contributed by atoms with E-state index in [0.29, 0.717) is 11.5 Å². The zero-order chi connectivity index (χ0) is 15.5. The van der Waals surface area contributed by atoms with Crippen LogP contribution >= 0.6 is 0 Å². The molecular weight excluding hydrogens is 288 g/mol. The normalized spacial score (nSPS) is 11.8. The third-order valence-corrected chi connectivity index (χ3v) is 4.66. The Morgan fingerprint density at radius 2 is 1.62 bits per heavy atom. The van der Waals surface area contributed by atoms with Crippen molar-refractivity contribution in [1.82, 2.24) is 10.0 Å². The zero-order valence-electron chi connectivity index (χ0n) is 12.4. The van der Waals surface area contributed by atoms with Crippen molar-refractivity contribution < 1.29 is 12.8 Å². The average molecular weight is 308 g/mol. The molecule has 0 spiro atoms. The van der Waals surface area contributed by atoms with Gasteiger partial charge in [-0.2, -0.15) is 0 Å². The molecule has 0 atom stereocenters. The molecule has 0 aliphatic carbocycles. The lowest BCUT2D eigenvalue weighted by molar-refractivity contribution is 0.495. The van der Waals surface area contributed by atoms with E-state index in [1.807, 2.05) is 31.3 Å². The Kier molecular flexibility index (Phi) is 4.82. The molecule has 1 aromatic heterocycles. The van der Waals surface area contributed by atoms with E-state index in [-0.39, 0.29) is 11.4 Å². The quantitative estimate of drug-likeness (QED) is 0.857. The van der Waals surface area contributed by atoms with Gasteiger partial charge in [0.05, 0.1) is 0 Å². The standard InChI is InChI=1S/C15H20N2O3S/c1-11-8-15(12(2)20-11)21(18,19)17-10-14-6-4-13(5-7-14)9-16-3/h4-8,16-17H,9-10H2,1-3H3. The fourth-order valence-corrected chi connectivity index (χ4v) is 3.36. The lowest BCUT2D eigenvalue weighted by Crippen LogP contribution is -2.23. The second kappa shape index (κ2) is 6.43. The molecule has 1 heterocycles. The van der Waals surface area contributed by atoms with E-state index in [1.165, 1.54) is 6.07 Å². The highest BCUT2D eigenvalue weighted by molar-refractivity contribution is 7.89. The number of hydrogen-bond acceptors (Lipinski definition) is 4. The Bertz CT molecular complexity index is 703. The summed E-state index contributed by atoms with van der Waals surface area (Å²) >= 11 is 0. The molecule has 0 aliphatic heterocycles. The Balaban J connectivity index is 2.06. The topological polar surface area (TPSA) is 71.3 Å². The van der Waals surface area contributed by atoms with Crippen LogP contribution in [0.1, 0.15) is 22.6 Å². The van der Waals surface area contributed by atoms with Gasteiger partial charge < -0.3 is 9.73 Å². The summed E-state index contributed by atoms with van der Waals surface area (Å²) in [5, 5.41) is 3.07. The second-order valence-electron chi connectivity index (χ2n) is 4.95. The van der Waals surface area contributed by atoms with E-state index in [2.05, 4.69) is 10.0 Å². The van der Waals surface area contributed by atoms with Gasteiger partial charge in [-0.05, 0) is 38.1 Å². The average Bonchev–Trinajstić information content (AvgIpc) is 2.78. The second-order valence-corrected chi connectivity index (χ2v) is 6.68. The summed E-state index contributed by atoms with van der Waals surface area (Å²) in [7, 11) is -1.66. The monoisotopic (exact) mass is 308 g/mol. The molecule has 0 saturated heterocycles. The predicted molar refractivity (Wildman–Crippen MR) is 81.4 cm³/mol. The molecule has 114 valence electrons. The first kappa shape index (κ1) is 15.8. The van der Waals surface area contributed by atoms with Gasteiger partial charge in [-0.25, -0.2) is 13.1 Å². The van der Waals surface area contributed by atoms with E-state index in [4.69, 9.17) is 4.42 Å². The van der Waals surface area contributed by atoms with Crippen molar-refractivity contribution >= 4 is 10.0 Å². The van der Waals surface area contributed by atoms with Gasteiger partial charge in [0.15, 0.2) is 0 Å². The molecule has 2 aromatic rings. The molecule has 6 heteroatoms. The van der Waals surface area contributed by atoms with E-state index in [1.54, 1.807) is 13.8 Å². The fraction of sp³-hybridized carbons (Fsp3) is 0.333. The molecule has 0 unspecified atom stereocenters. The molecule has 0 saturated carbocycles. The number of benzene rings is 1. The number of aryl methyl sites for hydroxylation is 2. The molecule has 21 heavy (non-hydrogen) atoms. The summed E-state index contributed by atoms with van der Waals surface area (Å²) in [4.78, 5) is 0.201. The van der Waals surface area contributed by atoms with Crippen molar-refractivity contribution in [1.29, 1.82) is 0 Å². The van der Waals surface area contributed by atoms with E-state index < -0.39 is 10.0 Å². The van der Waals surface area contributed by atoms with Crippen LogP contribution in [0.3, 0.4) is 0 Å². The Morgan fingerprint density at radius 1 is 1.05 bits per heavy atom. The first-order valence-corrected chi connectivity index (χ1v) is 8.20. The Morgan fingerprint density at radius 3 is 2.10 bits per heavy atom. The maximum absolute atomic E-state index is 12.2. The van der Waals surface area contributed by atoms with Crippen LogP contribution in [0.2, 0.25) is 0 Å². The maximum atomic E-state index is 12.2. The van der Waals surface area contributed by atoms with Gasteiger partial charge in [0.25, 0.3) is 0 Å².